The molecule has 1 aromatic heterocycles. The zero-order valence-electron chi connectivity index (χ0n) is 17.1. The number of amides is 1. The van der Waals surface area contributed by atoms with Crippen molar-refractivity contribution in [2.75, 3.05) is 37.7 Å². The fourth-order valence-electron chi connectivity index (χ4n) is 3.40. The van der Waals surface area contributed by atoms with E-state index < -0.39 is 0 Å². The van der Waals surface area contributed by atoms with E-state index in [0.29, 0.717) is 19.0 Å². The number of carbonyl (C=O) groups excluding carboxylic acids is 1. The Balaban J connectivity index is 1.49. The van der Waals surface area contributed by atoms with Gasteiger partial charge in [-0.1, -0.05) is 13.0 Å². The van der Waals surface area contributed by atoms with Crippen LogP contribution in [0.1, 0.15) is 25.8 Å². The van der Waals surface area contributed by atoms with E-state index in [0.717, 1.165) is 43.9 Å². The summed E-state index contributed by atoms with van der Waals surface area (Å²) < 4.78 is 18.8. The van der Waals surface area contributed by atoms with Gasteiger partial charge in [0, 0.05) is 50.2 Å². The number of anilines is 1. The first-order valence-electron chi connectivity index (χ1n) is 10.2. The molecule has 6 nitrogen and oxygen atoms in total. The Hall–Kier alpha value is -2.67. The topological polar surface area (TPSA) is 57.7 Å². The van der Waals surface area contributed by atoms with Gasteiger partial charge in [-0.25, -0.2) is 9.37 Å². The van der Waals surface area contributed by atoms with Crippen molar-refractivity contribution < 1.29 is 13.9 Å². The first-order valence-corrected chi connectivity index (χ1v) is 10.2. The molecule has 1 aliphatic heterocycles. The number of nitrogens with zero attached hydrogens (tertiary/aromatic N) is 3. The molecule has 29 heavy (non-hydrogen) atoms. The third-order valence-electron chi connectivity index (χ3n) is 5.18. The van der Waals surface area contributed by atoms with Crippen molar-refractivity contribution in [1.29, 1.82) is 0 Å². The number of piperazine rings is 1. The highest BCUT2D eigenvalue weighted by atomic mass is 19.1. The molecule has 7 heteroatoms. The first-order chi connectivity index (χ1) is 14.1. The second-order valence-electron chi connectivity index (χ2n) is 7.21. The van der Waals surface area contributed by atoms with Gasteiger partial charge in [0.25, 0.3) is 0 Å². The average molecular weight is 400 g/mol. The number of hydrogen-bond donors (Lipinski definition) is 1. The second kappa shape index (κ2) is 10.2. The molecule has 3 rings (SSSR count). The van der Waals surface area contributed by atoms with Crippen molar-refractivity contribution in [1.82, 2.24) is 15.2 Å². The van der Waals surface area contributed by atoms with Gasteiger partial charge < -0.3 is 15.0 Å². The smallest absolute Gasteiger partial charge is 0.237 e. The van der Waals surface area contributed by atoms with Crippen LogP contribution in [0.5, 0.6) is 5.88 Å². The summed E-state index contributed by atoms with van der Waals surface area (Å²) in [6, 6.07) is 10.1. The lowest BCUT2D eigenvalue weighted by Crippen LogP contribution is -2.53. The lowest BCUT2D eigenvalue weighted by molar-refractivity contribution is -0.126. The van der Waals surface area contributed by atoms with E-state index in [1.807, 2.05) is 26.0 Å². The lowest BCUT2D eigenvalue weighted by Gasteiger charge is -2.38. The molecule has 1 fully saturated rings. The van der Waals surface area contributed by atoms with Gasteiger partial charge in [0.2, 0.25) is 11.8 Å². The summed E-state index contributed by atoms with van der Waals surface area (Å²) in [5.41, 5.74) is 1.89. The van der Waals surface area contributed by atoms with Crippen molar-refractivity contribution in [3.8, 4) is 5.88 Å². The molecule has 1 amide bonds. The van der Waals surface area contributed by atoms with E-state index in [-0.39, 0.29) is 17.8 Å². The highest BCUT2D eigenvalue weighted by Crippen LogP contribution is 2.18. The highest BCUT2D eigenvalue weighted by molar-refractivity contribution is 5.81. The maximum Gasteiger partial charge on any atom is 0.237 e. The molecule has 0 radical (unpaired) electrons. The maximum absolute atomic E-state index is 13.1. The van der Waals surface area contributed by atoms with Gasteiger partial charge in [-0.2, -0.15) is 0 Å². The lowest BCUT2D eigenvalue weighted by atomic mass is 10.2. The van der Waals surface area contributed by atoms with Crippen LogP contribution in [-0.2, 0) is 11.3 Å². The van der Waals surface area contributed by atoms with Crippen LogP contribution in [-0.4, -0.2) is 54.6 Å². The second-order valence-corrected chi connectivity index (χ2v) is 7.21. The van der Waals surface area contributed by atoms with Crippen LogP contribution in [0.4, 0.5) is 10.1 Å². The van der Waals surface area contributed by atoms with Crippen molar-refractivity contribution in [2.45, 2.75) is 32.9 Å². The average Bonchev–Trinajstić information content (AvgIpc) is 2.76. The van der Waals surface area contributed by atoms with Crippen LogP contribution in [0.2, 0.25) is 0 Å². The van der Waals surface area contributed by atoms with Gasteiger partial charge in [0.05, 0.1) is 12.6 Å². The Kier molecular flexibility index (Phi) is 7.41. The van der Waals surface area contributed by atoms with Gasteiger partial charge >= 0.3 is 0 Å². The summed E-state index contributed by atoms with van der Waals surface area (Å²) >= 11 is 0. The molecular formula is C22H29FN4O2. The van der Waals surface area contributed by atoms with Crippen LogP contribution in [0, 0.1) is 5.82 Å². The van der Waals surface area contributed by atoms with Crippen molar-refractivity contribution in [3.05, 3.63) is 54.0 Å². The fraction of sp³-hybridized carbons (Fsp3) is 0.455. The molecule has 1 N–H and O–H groups in total. The zero-order chi connectivity index (χ0) is 20.6. The van der Waals surface area contributed by atoms with E-state index in [9.17, 15) is 9.18 Å². The Morgan fingerprint density at radius 2 is 1.93 bits per heavy atom. The minimum Gasteiger partial charge on any atom is -0.477 e. The largest absolute Gasteiger partial charge is 0.477 e. The monoisotopic (exact) mass is 400 g/mol. The van der Waals surface area contributed by atoms with E-state index in [1.165, 1.54) is 12.1 Å². The van der Waals surface area contributed by atoms with Crippen LogP contribution < -0.4 is 15.0 Å². The summed E-state index contributed by atoms with van der Waals surface area (Å²) in [7, 11) is 0. The number of rotatable bonds is 8. The van der Waals surface area contributed by atoms with Crippen LogP contribution in [0.15, 0.2) is 42.6 Å². The van der Waals surface area contributed by atoms with E-state index >= 15 is 0 Å². The highest BCUT2D eigenvalue weighted by Gasteiger charge is 2.25. The Labute approximate surface area is 171 Å². The summed E-state index contributed by atoms with van der Waals surface area (Å²) in [6.07, 6.45) is 2.60. The van der Waals surface area contributed by atoms with Gasteiger partial charge in [-0.15, -0.1) is 0 Å². The van der Waals surface area contributed by atoms with Crippen LogP contribution >= 0.6 is 0 Å². The molecule has 1 aromatic carbocycles. The molecule has 2 heterocycles. The third kappa shape index (κ3) is 5.67. The minimum atomic E-state index is -0.227. The number of nitrogens with one attached hydrogen (secondary N) is 1. The van der Waals surface area contributed by atoms with E-state index in [1.54, 1.807) is 18.3 Å². The summed E-state index contributed by atoms with van der Waals surface area (Å²) in [6.45, 7) is 8.15. The maximum atomic E-state index is 13.1. The fourth-order valence-corrected chi connectivity index (χ4v) is 3.40. The van der Waals surface area contributed by atoms with Crippen molar-refractivity contribution >= 4 is 11.6 Å². The molecular weight excluding hydrogens is 371 g/mol. The van der Waals surface area contributed by atoms with Gasteiger partial charge in [-0.05, 0) is 43.7 Å². The minimum absolute atomic E-state index is 0.00877. The molecule has 156 valence electrons. The molecule has 0 spiro atoms. The summed E-state index contributed by atoms with van der Waals surface area (Å²) in [5.74, 6) is 0.343. The first kappa shape index (κ1) is 21.0. The zero-order valence-corrected chi connectivity index (χ0v) is 17.1. The SMILES string of the molecule is CCCOc1ncccc1CNC(=O)C(C)N1CCN(c2ccc(F)cc2)CC1. The van der Waals surface area contributed by atoms with Crippen molar-refractivity contribution in [3.63, 3.8) is 0 Å². The number of pyridine rings is 1. The molecule has 0 bridgehead atoms. The third-order valence-corrected chi connectivity index (χ3v) is 5.18. The predicted molar refractivity (Wildman–Crippen MR) is 112 cm³/mol. The van der Waals surface area contributed by atoms with Gasteiger partial charge in [0.15, 0.2) is 0 Å². The van der Waals surface area contributed by atoms with Crippen LogP contribution in [0.25, 0.3) is 0 Å². The standard InChI is InChI=1S/C22H29FN4O2/c1-3-15-29-22-18(5-4-10-24-22)16-25-21(28)17(2)26-11-13-27(14-12-26)20-8-6-19(23)7-9-20/h4-10,17H,3,11-16H2,1-2H3,(H,25,28). The van der Waals surface area contributed by atoms with Crippen molar-refractivity contribution in [2.24, 2.45) is 0 Å². The number of hydrogen-bond acceptors (Lipinski definition) is 5. The number of ether oxygens (including phenoxy) is 1. The van der Waals surface area contributed by atoms with E-state index in [2.05, 4.69) is 20.1 Å². The Morgan fingerprint density at radius 1 is 1.21 bits per heavy atom. The molecule has 1 unspecified atom stereocenters. The van der Waals surface area contributed by atoms with Gasteiger partial charge in [-0.3, -0.25) is 9.69 Å². The Bertz CT molecular complexity index is 792. The Morgan fingerprint density at radius 3 is 2.62 bits per heavy atom. The molecule has 1 aliphatic rings. The number of halogens is 1. The predicted octanol–water partition coefficient (Wildman–Crippen LogP) is 2.84. The normalized spacial score (nSPS) is 15.8. The number of carbonyl (C=O) groups is 1. The molecule has 1 saturated heterocycles. The molecule has 1 atom stereocenters. The van der Waals surface area contributed by atoms with Gasteiger partial charge in [0.1, 0.15) is 5.82 Å². The molecule has 0 saturated carbocycles. The molecule has 0 aliphatic carbocycles. The number of aromatic nitrogens is 1. The summed E-state index contributed by atoms with van der Waals surface area (Å²) in [4.78, 5) is 21.3. The molecule has 2 aromatic rings. The number of benzene rings is 1. The van der Waals surface area contributed by atoms with E-state index in [4.69, 9.17) is 4.74 Å². The quantitative estimate of drug-likeness (QED) is 0.739. The summed E-state index contributed by atoms with van der Waals surface area (Å²) in [5, 5.41) is 3.01. The van der Waals surface area contributed by atoms with Crippen LogP contribution in [0.3, 0.4) is 0 Å².